The van der Waals surface area contributed by atoms with Crippen LogP contribution in [-0.2, 0) is 22.9 Å². The quantitative estimate of drug-likeness (QED) is 0.701. The van der Waals surface area contributed by atoms with Crippen molar-refractivity contribution in [2.45, 2.75) is 37.5 Å². The zero-order valence-corrected chi connectivity index (χ0v) is 16.2. The molecule has 28 heavy (non-hydrogen) atoms. The van der Waals surface area contributed by atoms with Gasteiger partial charge in [-0.15, -0.1) is 0 Å². The molecule has 0 saturated heterocycles. The molecule has 0 bridgehead atoms. The Hall–Kier alpha value is -3.11. The lowest BCUT2D eigenvalue weighted by atomic mass is 9.94. The summed E-state index contributed by atoms with van der Waals surface area (Å²) in [4.78, 5) is 15.8. The molecule has 1 aliphatic carbocycles. The maximum absolute atomic E-state index is 13.0. The monoisotopic (exact) mass is 393 g/mol. The van der Waals surface area contributed by atoms with Crippen molar-refractivity contribution >= 4 is 32.4 Å². The molecule has 1 heterocycles. The molecule has 1 aromatic heterocycles. The van der Waals surface area contributed by atoms with Gasteiger partial charge in [0.1, 0.15) is 0 Å². The SMILES string of the molecule is CCc1cc2c3c([nH]c2cc1S(=O)(=O)Nc1ccc(C#N)cc1)CCCC3=O. The zero-order valence-electron chi connectivity index (χ0n) is 15.4. The van der Waals surface area contributed by atoms with Crippen molar-refractivity contribution in [2.75, 3.05) is 4.72 Å². The molecule has 7 heteroatoms. The van der Waals surface area contributed by atoms with Crippen LogP contribution in [0.15, 0.2) is 41.3 Å². The number of aryl methyl sites for hydroxylation is 2. The number of hydrogen-bond donors (Lipinski definition) is 2. The van der Waals surface area contributed by atoms with E-state index >= 15 is 0 Å². The van der Waals surface area contributed by atoms with Gasteiger partial charge in [-0.05, 0) is 61.2 Å². The van der Waals surface area contributed by atoms with Gasteiger partial charge < -0.3 is 4.98 Å². The maximum atomic E-state index is 13.0. The van der Waals surface area contributed by atoms with Crippen LogP contribution < -0.4 is 4.72 Å². The molecule has 1 aliphatic rings. The largest absolute Gasteiger partial charge is 0.358 e. The van der Waals surface area contributed by atoms with E-state index in [1.54, 1.807) is 30.3 Å². The Morgan fingerprint density at radius 1 is 1.18 bits per heavy atom. The number of nitrogens with one attached hydrogen (secondary N) is 2. The molecule has 0 spiro atoms. The first kappa shape index (κ1) is 18.3. The van der Waals surface area contributed by atoms with Crippen molar-refractivity contribution in [3.63, 3.8) is 0 Å². The summed E-state index contributed by atoms with van der Waals surface area (Å²) in [5.74, 6) is 0.112. The molecule has 0 aliphatic heterocycles. The first-order chi connectivity index (χ1) is 13.4. The van der Waals surface area contributed by atoms with E-state index in [0.29, 0.717) is 40.7 Å². The molecular weight excluding hydrogens is 374 g/mol. The third kappa shape index (κ3) is 3.06. The molecule has 2 N–H and O–H groups in total. The minimum absolute atomic E-state index is 0.112. The molecule has 6 nitrogen and oxygen atoms in total. The van der Waals surface area contributed by atoms with Crippen molar-refractivity contribution in [3.8, 4) is 6.07 Å². The van der Waals surface area contributed by atoms with Crippen LogP contribution in [0.2, 0.25) is 0 Å². The summed E-state index contributed by atoms with van der Waals surface area (Å²) >= 11 is 0. The third-order valence-corrected chi connectivity index (χ3v) is 6.57. The van der Waals surface area contributed by atoms with E-state index in [0.717, 1.165) is 23.9 Å². The van der Waals surface area contributed by atoms with Crippen LogP contribution in [0.1, 0.15) is 46.9 Å². The van der Waals surface area contributed by atoms with Crippen molar-refractivity contribution < 1.29 is 13.2 Å². The highest BCUT2D eigenvalue weighted by molar-refractivity contribution is 7.92. The van der Waals surface area contributed by atoms with Gasteiger partial charge >= 0.3 is 0 Å². The van der Waals surface area contributed by atoms with Crippen LogP contribution in [0, 0.1) is 11.3 Å². The average Bonchev–Trinajstić information content (AvgIpc) is 3.06. The second kappa shape index (κ2) is 6.80. The summed E-state index contributed by atoms with van der Waals surface area (Å²) in [5, 5.41) is 9.68. The number of Topliss-reactive ketones (excluding diaryl/α,β-unsaturated/α-hetero) is 1. The number of sulfonamides is 1. The van der Waals surface area contributed by atoms with Crippen molar-refractivity contribution in [3.05, 3.63) is 58.8 Å². The number of ketones is 1. The fourth-order valence-electron chi connectivity index (χ4n) is 3.73. The first-order valence-corrected chi connectivity index (χ1v) is 10.6. The summed E-state index contributed by atoms with van der Waals surface area (Å²) in [7, 11) is -3.82. The average molecular weight is 393 g/mol. The lowest BCUT2D eigenvalue weighted by molar-refractivity contribution is 0.0974. The number of benzene rings is 2. The van der Waals surface area contributed by atoms with Crippen LogP contribution in [0.5, 0.6) is 0 Å². The number of nitriles is 1. The van der Waals surface area contributed by atoms with Crippen molar-refractivity contribution in [2.24, 2.45) is 0 Å². The summed E-state index contributed by atoms with van der Waals surface area (Å²) in [6.07, 6.45) is 2.66. The number of carbonyl (C=O) groups excluding carboxylic acids is 1. The Labute approximate surface area is 163 Å². The Morgan fingerprint density at radius 3 is 2.61 bits per heavy atom. The fraction of sp³-hybridized carbons (Fsp3) is 0.238. The van der Waals surface area contributed by atoms with Gasteiger partial charge in [-0.1, -0.05) is 6.92 Å². The van der Waals surface area contributed by atoms with Crippen LogP contribution in [0.4, 0.5) is 5.69 Å². The number of nitrogens with zero attached hydrogens (tertiary/aromatic N) is 1. The molecule has 0 unspecified atom stereocenters. The number of rotatable bonds is 4. The summed E-state index contributed by atoms with van der Waals surface area (Å²) in [6, 6.07) is 11.7. The number of aromatic amines is 1. The highest BCUT2D eigenvalue weighted by atomic mass is 32.2. The van der Waals surface area contributed by atoms with Gasteiger partial charge in [-0.3, -0.25) is 9.52 Å². The van der Waals surface area contributed by atoms with Crippen LogP contribution in [0.25, 0.3) is 10.9 Å². The smallest absolute Gasteiger partial charge is 0.262 e. The molecule has 142 valence electrons. The van der Waals surface area contributed by atoms with E-state index in [1.807, 2.05) is 19.1 Å². The predicted molar refractivity (Wildman–Crippen MR) is 107 cm³/mol. The molecule has 4 rings (SSSR count). The molecule has 3 aromatic rings. The second-order valence-corrected chi connectivity index (χ2v) is 8.56. The Morgan fingerprint density at radius 2 is 1.93 bits per heavy atom. The number of carbonyl (C=O) groups is 1. The standard InChI is InChI=1S/C21H19N3O3S/c1-2-14-10-16-18(23-17-4-3-5-19(25)21(16)17)11-20(14)28(26,27)24-15-8-6-13(12-22)7-9-15/h6-11,23-24H,2-5H2,1H3. The topological polar surface area (TPSA) is 103 Å². The highest BCUT2D eigenvalue weighted by Crippen LogP contribution is 2.33. The minimum Gasteiger partial charge on any atom is -0.358 e. The molecular formula is C21H19N3O3S. The van der Waals surface area contributed by atoms with Gasteiger partial charge in [0.05, 0.1) is 16.5 Å². The normalized spacial score (nSPS) is 13.9. The van der Waals surface area contributed by atoms with E-state index in [1.165, 1.54) is 0 Å². The Bertz CT molecular complexity index is 1230. The Kier molecular flexibility index (Phi) is 4.44. The van der Waals surface area contributed by atoms with E-state index in [-0.39, 0.29) is 10.7 Å². The van der Waals surface area contributed by atoms with Crippen molar-refractivity contribution in [1.29, 1.82) is 5.26 Å². The van der Waals surface area contributed by atoms with Gasteiger partial charge in [0.25, 0.3) is 10.0 Å². The first-order valence-electron chi connectivity index (χ1n) is 9.16. The van der Waals surface area contributed by atoms with Crippen LogP contribution in [0.3, 0.4) is 0 Å². The van der Waals surface area contributed by atoms with Gasteiger partial charge in [0.2, 0.25) is 0 Å². The van der Waals surface area contributed by atoms with E-state index in [4.69, 9.17) is 5.26 Å². The van der Waals surface area contributed by atoms with Crippen LogP contribution in [-0.4, -0.2) is 19.2 Å². The Balaban J connectivity index is 1.80. The van der Waals surface area contributed by atoms with Gasteiger partial charge in [0.15, 0.2) is 5.78 Å². The predicted octanol–water partition coefficient (Wildman–Crippen LogP) is 3.92. The number of hydrogen-bond acceptors (Lipinski definition) is 4. The highest BCUT2D eigenvalue weighted by Gasteiger charge is 2.25. The molecule has 0 fully saturated rings. The van der Waals surface area contributed by atoms with Gasteiger partial charge in [-0.25, -0.2) is 8.42 Å². The van der Waals surface area contributed by atoms with Crippen LogP contribution >= 0.6 is 0 Å². The molecule has 0 amide bonds. The minimum atomic E-state index is -3.82. The molecule has 2 aromatic carbocycles. The van der Waals surface area contributed by atoms with Gasteiger partial charge in [0, 0.05) is 34.3 Å². The van der Waals surface area contributed by atoms with Crippen molar-refractivity contribution in [1.82, 2.24) is 4.98 Å². The lowest BCUT2D eigenvalue weighted by Crippen LogP contribution is -2.15. The summed E-state index contributed by atoms with van der Waals surface area (Å²) in [5.41, 5.74) is 3.77. The lowest BCUT2D eigenvalue weighted by Gasteiger charge is -2.13. The number of aromatic nitrogens is 1. The third-order valence-electron chi connectivity index (χ3n) is 5.10. The number of fused-ring (bicyclic) bond motifs is 3. The zero-order chi connectivity index (χ0) is 19.9. The molecule has 0 atom stereocenters. The van der Waals surface area contributed by atoms with E-state index < -0.39 is 10.0 Å². The number of anilines is 1. The maximum Gasteiger partial charge on any atom is 0.262 e. The fourth-order valence-corrected chi connectivity index (χ4v) is 5.11. The second-order valence-electron chi connectivity index (χ2n) is 6.91. The molecule has 0 radical (unpaired) electrons. The summed E-state index contributed by atoms with van der Waals surface area (Å²) < 4.78 is 28.6. The molecule has 0 saturated carbocycles. The van der Waals surface area contributed by atoms with E-state index in [9.17, 15) is 13.2 Å². The number of H-pyrrole nitrogens is 1. The van der Waals surface area contributed by atoms with E-state index in [2.05, 4.69) is 9.71 Å². The van der Waals surface area contributed by atoms with Gasteiger partial charge in [-0.2, -0.15) is 5.26 Å². The summed E-state index contributed by atoms with van der Waals surface area (Å²) in [6.45, 7) is 1.89.